The third kappa shape index (κ3) is 4.66. The fourth-order valence-corrected chi connectivity index (χ4v) is 2.87. The molecule has 1 aliphatic rings. The Morgan fingerprint density at radius 1 is 1.08 bits per heavy atom. The van der Waals surface area contributed by atoms with Crippen molar-refractivity contribution in [2.24, 2.45) is 0 Å². The molecule has 0 bridgehead atoms. The maximum Gasteiger partial charge on any atom is 0.134 e. The molecule has 1 aromatic carbocycles. The Bertz CT molecular complexity index is 614. The molecule has 6 heteroatoms. The van der Waals surface area contributed by atoms with E-state index in [0.29, 0.717) is 6.61 Å². The van der Waals surface area contributed by atoms with Gasteiger partial charge in [0.25, 0.3) is 0 Å². The second-order valence-corrected chi connectivity index (χ2v) is 5.93. The third-order valence-electron chi connectivity index (χ3n) is 4.21. The molecule has 0 radical (unpaired) electrons. The standard InChI is InChI=1S/C18H25N5O/c1-24-12-7-19-17-13-18(21-15-20-17)23-10-8-22(9-11-23)14-16-5-3-2-4-6-16/h2-6,13,15H,7-12,14H2,1H3,(H,19,20,21). The van der Waals surface area contributed by atoms with Crippen molar-refractivity contribution in [1.82, 2.24) is 14.9 Å². The van der Waals surface area contributed by atoms with Crippen LogP contribution in [0.3, 0.4) is 0 Å². The molecule has 0 spiro atoms. The van der Waals surface area contributed by atoms with Gasteiger partial charge in [-0.1, -0.05) is 30.3 Å². The molecule has 2 aromatic rings. The van der Waals surface area contributed by atoms with Gasteiger partial charge in [-0.2, -0.15) is 0 Å². The summed E-state index contributed by atoms with van der Waals surface area (Å²) in [5, 5.41) is 3.25. The first-order chi connectivity index (χ1) is 11.8. The van der Waals surface area contributed by atoms with E-state index in [0.717, 1.165) is 50.9 Å². The SMILES string of the molecule is COCCNc1cc(N2CCN(Cc3ccccc3)CC2)ncn1. The molecule has 1 fully saturated rings. The van der Waals surface area contributed by atoms with Gasteiger partial charge in [-0.3, -0.25) is 4.90 Å². The van der Waals surface area contributed by atoms with Crippen LogP contribution in [-0.4, -0.2) is 61.3 Å². The van der Waals surface area contributed by atoms with E-state index in [1.54, 1.807) is 13.4 Å². The Labute approximate surface area is 143 Å². The molecule has 0 unspecified atom stereocenters. The number of piperazine rings is 1. The van der Waals surface area contributed by atoms with E-state index in [4.69, 9.17) is 4.74 Å². The van der Waals surface area contributed by atoms with Crippen molar-refractivity contribution in [3.63, 3.8) is 0 Å². The lowest BCUT2D eigenvalue weighted by molar-refractivity contribution is 0.210. The van der Waals surface area contributed by atoms with E-state index in [1.165, 1.54) is 5.56 Å². The number of methoxy groups -OCH3 is 1. The van der Waals surface area contributed by atoms with Gasteiger partial charge in [-0.15, -0.1) is 0 Å². The minimum atomic E-state index is 0.664. The van der Waals surface area contributed by atoms with Crippen molar-refractivity contribution in [2.75, 3.05) is 56.7 Å². The molecule has 1 N–H and O–H groups in total. The highest BCUT2D eigenvalue weighted by Crippen LogP contribution is 2.17. The summed E-state index contributed by atoms with van der Waals surface area (Å²) in [6, 6.07) is 12.7. The number of ether oxygens (including phenoxy) is 1. The minimum Gasteiger partial charge on any atom is -0.383 e. The van der Waals surface area contributed by atoms with Gasteiger partial charge in [0.15, 0.2) is 0 Å². The average molecular weight is 327 g/mol. The van der Waals surface area contributed by atoms with Crippen LogP contribution in [0.5, 0.6) is 0 Å². The summed E-state index contributed by atoms with van der Waals surface area (Å²) >= 11 is 0. The lowest BCUT2D eigenvalue weighted by atomic mass is 10.2. The molecule has 0 atom stereocenters. The van der Waals surface area contributed by atoms with Gasteiger partial charge in [-0.05, 0) is 5.56 Å². The molecule has 0 aliphatic carbocycles. The summed E-state index contributed by atoms with van der Waals surface area (Å²) in [7, 11) is 1.70. The number of hydrogen-bond acceptors (Lipinski definition) is 6. The zero-order valence-electron chi connectivity index (χ0n) is 14.2. The van der Waals surface area contributed by atoms with Crippen LogP contribution in [-0.2, 0) is 11.3 Å². The largest absolute Gasteiger partial charge is 0.383 e. The molecule has 1 aliphatic heterocycles. The van der Waals surface area contributed by atoms with Crippen LogP contribution in [0.15, 0.2) is 42.7 Å². The zero-order chi connectivity index (χ0) is 16.6. The first kappa shape index (κ1) is 16.7. The highest BCUT2D eigenvalue weighted by molar-refractivity contribution is 5.48. The normalized spacial score (nSPS) is 15.5. The fraction of sp³-hybridized carbons (Fsp3) is 0.444. The molecule has 1 saturated heterocycles. The predicted octanol–water partition coefficient (Wildman–Crippen LogP) is 1.86. The van der Waals surface area contributed by atoms with Crippen molar-refractivity contribution in [3.05, 3.63) is 48.3 Å². The second-order valence-electron chi connectivity index (χ2n) is 5.93. The van der Waals surface area contributed by atoms with Crippen molar-refractivity contribution in [3.8, 4) is 0 Å². The molecule has 3 rings (SSSR count). The molecular weight excluding hydrogens is 302 g/mol. The van der Waals surface area contributed by atoms with Crippen molar-refractivity contribution < 1.29 is 4.74 Å². The van der Waals surface area contributed by atoms with Gasteiger partial charge >= 0.3 is 0 Å². The molecule has 6 nitrogen and oxygen atoms in total. The van der Waals surface area contributed by atoms with Crippen LogP contribution in [0.4, 0.5) is 11.6 Å². The number of nitrogens with zero attached hydrogens (tertiary/aromatic N) is 4. The summed E-state index contributed by atoms with van der Waals surface area (Å²) in [5.74, 6) is 1.84. The van der Waals surface area contributed by atoms with Gasteiger partial charge in [0.2, 0.25) is 0 Å². The predicted molar refractivity (Wildman–Crippen MR) is 96.3 cm³/mol. The number of nitrogens with one attached hydrogen (secondary N) is 1. The molecule has 0 saturated carbocycles. The summed E-state index contributed by atoms with van der Waals surface area (Å²) in [5.41, 5.74) is 1.37. The quantitative estimate of drug-likeness (QED) is 0.784. The first-order valence-corrected chi connectivity index (χ1v) is 8.41. The summed E-state index contributed by atoms with van der Waals surface area (Å²) in [4.78, 5) is 13.5. The molecule has 128 valence electrons. The molecule has 1 aromatic heterocycles. The van der Waals surface area contributed by atoms with Gasteiger partial charge in [0.1, 0.15) is 18.0 Å². The maximum absolute atomic E-state index is 5.05. The average Bonchev–Trinajstić information content (AvgIpc) is 2.64. The van der Waals surface area contributed by atoms with Crippen LogP contribution < -0.4 is 10.2 Å². The summed E-state index contributed by atoms with van der Waals surface area (Å²) < 4.78 is 5.05. The van der Waals surface area contributed by atoms with E-state index in [-0.39, 0.29) is 0 Å². The van der Waals surface area contributed by atoms with Crippen LogP contribution in [0, 0.1) is 0 Å². The van der Waals surface area contributed by atoms with Crippen LogP contribution >= 0.6 is 0 Å². The van der Waals surface area contributed by atoms with Gasteiger partial charge in [0, 0.05) is 52.4 Å². The third-order valence-corrected chi connectivity index (χ3v) is 4.21. The number of benzene rings is 1. The van der Waals surface area contributed by atoms with E-state index in [9.17, 15) is 0 Å². The van der Waals surface area contributed by atoms with E-state index in [1.807, 2.05) is 6.07 Å². The van der Waals surface area contributed by atoms with Crippen LogP contribution in [0.2, 0.25) is 0 Å². The Hall–Kier alpha value is -2.18. The molecular formula is C18H25N5O. The summed E-state index contributed by atoms with van der Waals surface area (Å²) in [6.45, 7) is 6.50. The Morgan fingerprint density at radius 2 is 1.88 bits per heavy atom. The molecule has 2 heterocycles. The van der Waals surface area contributed by atoms with Crippen molar-refractivity contribution in [1.29, 1.82) is 0 Å². The summed E-state index contributed by atoms with van der Waals surface area (Å²) in [6.07, 6.45) is 1.63. The topological polar surface area (TPSA) is 53.5 Å². The highest BCUT2D eigenvalue weighted by atomic mass is 16.5. The maximum atomic E-state index is 5.05. The zero-order valence-corrected chi connectivity index (χ0v) is 14.2. The van der Waals surface area contributed by atoms with Gasteiger partial charge < -0.3 is 15.0 Å². The second kappa shape index (κ2) is 8.61. The Balaban J connectivity index is 1.52. The molecule has 24 heavy (non-hydrogen) atoms. The van der Waals surface area contributed by atoms with E-state index in [2.05, 4.69) is 55.4 Å². The lowest BCUT2D eigenvalue weighted by Gasteiger charge is -2.35. The Kier molecular flexibility index (Phi) is 5.98. The minimum absolute atomic E-state index is 0.664. The number of rotatable bonds is 7. The van der Waals surface area contributed by atoms with Crippen LogP contribution in [0.1, 0.15) is 5.56 Å². The number of anilines is 2. The van der Waals surface area contributed by atoms with E-state index < -0.39 is 0 Å². The number of hydrogen-bond donors (Lipinski definition) is 1. The van der Waals surface area contributed by atoms with Crippen molar-refractivity contribution in [2.45, 2.75) is 6.54 Å². The van der Waals surface area contributed by atoms with Crippen LogP contribution in [0.25, 0.3) is 0 Å². The van der Waals surface area contributed by atoms with Gasteiger partial charge in [-0.25, -0.2) is 9.97 Å². The Morgan fingerprint density at radius 3 is 2.62 bits per heavy atom. The smallest absolute Gasteiger partial charge is 0.134 e. The molecule has 0 amide bonds. The fourth-order valence-electron chi connectivity index (χ4n) is 2.87. The van der Waals surface area contributed by atoms with Gasteiger partial charge in [0.05, 0.1) is 6.61 Å². The monoisotopic (exact) mass is 327 g/mol. The van der Waals surface area contributed by atoms with E-state index >= 15 is 0 Å². The number of aromatic nitrogens is 2. The van der Waals surface area contributed by atoms with Crippen molar-refractivity contribution >= 4 is 11.6 Å². The lowest BCUT2D eigenvalue weighted by Crippen LogP contribution is -2.46. The first-order valence-electron chi connectivity index (χ1n) is 8.41. The highest BCUT2D eigenvalue weighted by Gasteiger charge is 2.18.